The van der Waals surface area contributed by atoms with E-state index < -0.39 is 0 Å². The molecule has 1 atom stereocenters. The van der Waals surface area contributed by atoms with Gasteiger partial charge in [0.05, 0.1) is 19.6 Å². The second kappa shape index (κ2) is 5.61. The standard InChI is InChI=1S/C11H14BrClO2/c1-4-9(13)7-5-10(14-2)11(15-3)6-8(7)12/h5-6,9H,4H2,1-3H3. The highest BCUT2D eigenvalue weighted by molar-refractivity contribution is 9.10. The first kappa shape index (κ1) is 12.7. The van der Waals surface area contributed by atoms with Crippen molar-refractivity contribution in [2.45, 2.75) is 18.7 Å². The maximum absolute atomic E-state index is 6.19. The molecule has 1 aromatic rings. The summed E-state index contributed by atoms with van der Waals surface area (Å²) in [5.74, 6) is 1.41. The first-order valence-corrected chi connectivity index (χ1v) is 5.92. The van der Waals surface area contributed by atoms with Crippen molar-refractivity contribution < 1.29 is 9.47 Å². The Hall–Kier alpha value is -0.410. The van der Waals surface area contributed by atoms with Crippen molar-refractivity contribution >= 4 is 27.5 Å². The minimum atomic E-state index is -0.0146. The van der Waals surface area contributed by atoms with Crippen LogP contribution in [0.1, 0.15) is 24.3 Å². The van der Waals surface area contributed by atoms with Gasteiger partial charge < -0.3 is 9.47 Å². The van der Waals surface area contributed by atoms with Gasteiger partial charge in [-0.1, -0.05) is 22.9 Å². The Bertz CT molecular complexity index is 342. The normalized spacial score (nSPS) is 12.3. The van der Waals surface area contributed by atoms with Crippen LogP contribution >= 0.6 is 27.5 Å². The van der Waals surface area contributed by atoms with E-state index in [4.69, 9.17) is 21.1 Å². The fourth-order valence-corrected chi connectivity index (χ4v) is 2.24. The van der Waals surface area contributed by atoms with Crippen molar-refractivity contribution in [3.63, 3.8) is 0 Å². The van der Waals surface area contributed by atoms with Crippen molar-refractivity contribution in [1.29, 1.82) is 0 Å². The highest BCUT2D eigenvalue weighted by Crippen LogP contribution is 2.38. The van der Waals surface area contributed by atoms with Crippen LogP contribution in [0, 0.1) is 0 Å². The molecule has 0 heterocycles. The lowest BCUT2D eigenvalue weighted by Crippen LogP contribution is -1.95. The van der Waals surface area contributed by atoms with Gasteiger partial charge in [0.1, 0.15) is 0 Å². The SMILES string of the molecule is CCC(Cl)c1cc(OC)c(OC)cc1Br. The van der Waals surface area contributed by atoms with Gasteiger partial charge in [-0.25, -0.2) is 0 Å². The van der Waals surface area contributed by atoms with Crippen LogP contribution in [0.5, 0.6) is 11.5 Å². The molecule has 15 heavy (non-hydrogen) atoms. The largest absolute Gasteiger partial charge is 0.493 e. The van der Waals surface area contributed by atoms with Crippen LogP contribution in [0.25, 0.3) is 0 Å². The summed E-state index contributed by atoms with van der Waals surface area (Å²) < 4.78 is 11.4. The number of halogens is 2. The van der Waals surface area contributed by atoms with E-state index in [0.29, 0.717) is 11.5 Å². The Morgan fingerprint density at radius 3 is 2.27 bits per heavy atom. The van der Waals surface area contributed by atoms with Crippen molar-refractivity contribution in [1.82, 2.24) is 0 Å². The molecule has 0 aliphatic carbocycles. The zero-order chi connectivity index (χ0) is 11.4. The Morgan fingerprint density at radius 1 is 1.27 bits per heavy atom. The lowest BCUT2D eigenvalue weighted by atomic mass is 10.1. The van der Waals surface area contributed by atoms with Gasteiger partial charge in [0.2, 0.25) is 0 Å². The molecule has 0 spiro atoms. The van der Waals surface area contributed by atoms with Crippen LogP contribution in [0.3, 0.4) is 0 Å². The molecule has 2 nitrogen and oxygen atoms in total. The summed E-state index contributed by atoms with van der Waals surface area (Å²) >= 11 is 9.67. The molecular formula is C11H14BrClO2. The highest BCUT2D eigenvalue weighted by atomic mass is 79.9. The zero-order valence-corrected chi connectivity index (χ0v) is 11.4. The average Bonchev–Trinajstić information content (AvgIpc) is 2.27. The predicted molar refractivity (Wildman–Crippen MR) is 66.1 cm³/mol. The summed E-state index contributed by atoms with van der Waals surface area (Å²) in [6.45, 7) is 2.04. The molecule has 0 aliphatic rings. The van der Waals surface area contributed by atoms with E-state index in [0.717, 1.165) is 16.5 Å². The summed E-state index contributed by atoms with van der Waals surface area (Å²) in [5, 5.41) is -0.0146. The van der Waals surface area contributed by atoms with E-state index in [2.05, 4.69) is 15.9 Å². The third-order valence-corrected chi connectivity index (χ3v) is 3.43. The van der Waals surface area contributed by atoms with Crippen LogP contribution in [-0.2, 0) is 0 Å². The van der Waals surface area contributed by atoms with Crippen LogP contribution < -0.4 is 9.47 Å². The predicted octanol–water partition coefficient (Wildman–Crippen LogP) is 4.16. The fraction of sp³-hybridized carbons (Fsp3) is 0.455. The number of rotatable bonds is 4. The van der Waals surface area contributed by atoms with Gasteiger partial charge in [0.15, 0.2) is 11.5 Å². The molecule has 1 unspecified atom stereocenters. The third-order valence-electron chi connectivity index (χ3n) is 2.20. The van der Waals surface area contributed by atoms with E-state index >= 15 is 0 Å². The molecule has 0 radical (unpaired) electrons. The molecular weight excluding hydrogens is 279 g/mol. The van der Waals surface area contributed by atoms with E-state index in [1.165, 1.54) is 0 Å². The summed E-state index contributed by atoms with van der Waals surface area (Å²) in [4.78, 5) is 0. The maximum Gasteiger partial charge on any atom is 0.161 e. The summed E-state index contributed by atoms with van der Waals surface area (Å²) in [7, 11) is 3.23. The van der Waals surface area contributed by atoms with E-state index in [1.807, 2.05) is 19.1 Å². The minimum Gasteiger partial charge on any atom is -0.493 e. The van der Waals surface area contributed by atoms with Crippen molar-refractivity contribution in [3.8, 4) is 11.5 Å². The third kappa shape index (κ3) is 2.79. The number of alkyl halides is 1. The molecule has 0 aliphatic heterocycles. The molecule has 4 heteroatoms. The van der Waals surface area contributed by atoms with Gasteiger partial charge in [0, 0.05) is 4.47 Å². The molecule has 84 valence electrons. The first-order chi connectivity index (χ1) is 7.13. The summed E-state index contributed by atoms with van der Waals surface area (Å²) in [6.07, 6.45) is 0.871. The lowest BCUT2D eigenvalue weighted by molar-refractivity contribution is 0.354. The lowest BCUT2D eigenvalue weighted by Gasteiger charge is -2.14. The van der Waals surface area contributed by atoms with Gasteiger partial charge in [-0.15, -0.1) is 11.6 Å². The molecule has 1 rings (SSSR count). The highest BCUT2D eigenvalue weighted by Gasteiger charge is 2.14. The van der Waals surface area contributed by atoms with Crippen molar-refractivity contribution in [2.24, 2.45) is 0 Å². The molecule has 0 saturated carbocycles. The Labute approximate surface area is 104 Å². The molecule has 0 N–H and O–H groups in total. The Morgan fingerprint density at radius 2 is 1.80 bits per heavy atom. The van der Waals surface area contributed by atoms with E-state index in [-0.39, 0.29) is 5.38 Å². The second-order valence-corrected chi connectivity index (χ2v) is 4.49. The molecule has 0 amide bonds. The van der Waals surface area contributed by atoms with Gasteiger partial charge in [-0.2, -0.15) is 0 Å². The number of benzene rings is 1. The van der Waals surface area contributed by atoms with Crippen LogP contribution in [0.2, 0.25) is 0 Å². The van der Waals surface area contributed by atoms with Gasteiger partial charge in [0.25, 0.3) is 0 Å². The average molecular weight is 294 g/mol. The smallest absolute Gasteiger partial charge is 0.161 e. The molecule has 0 bridgehead atoms. The number of ether oxygens (including phenoxy) is 2. The topological polar surface area (TPSA) is 18.5 Å². The Balaban J connectivity index is 3.19. The van der Waals surface area contributed by atoms with Crippen LogP contribution in [0.4, 0.5) is 0 Å². The molecule has 0 fully saturated rings. The van der Waals surface area contributed by atoms with E-state index in [1.54, 1.807) is 14.2 Å². The van der Waals surface area contributed by atoms with Crippen molar-refractivity contribution in [3.05, 3.63) is 22.2 Å². The molecule has 0 saturated heterocycles. The Kier molecular flexibility index (Phi) is 4.74. The zero-order valence-electron chi connectivity index (χ0n) is 9.01. The summed E-state index contributed by atoms with van der Waals surface area (Å²) in [6, 6.07) is 3.78. The fourth-order valence-electron chi connectivity index (χ4n) is 1.33. The number of hydrogen-bond donors (Lipinski definition) is 0. The van der Waals surface area contributed by atoms with Crippen molar-refractivity contribution in [2.75, 3.05) is 14.2 Å². The van der Waals surface area contributed by atoms with E-state index in [9.17, 15) is 0 Å². The molecule has 1 aromatic carbocycles. The minimum absolute atomic E-state index is 0.0146. The van der Waals surface area contributed by atoms with Crippen LogP contribution in [0.15, 0.2) is 16.6 Å². The van der Waals surface area contributed by atoms with Gasteiger partial charge >= 0.3 is 0 Å². The van der Waals surface area contributed by atoms with Crippen LogP contribution in [-0.4, -0.2) is 14.2 Å². The number of hydrogen-bond acceptors (Lipinski definition) is 2. The molecule has 0 aromatic heterocycles. The second-order valence-electron chi connectivity index (χ2n) is 3.10. The van der Waals surface area contributed by atoms with Gasteiger partial charge in [-0.3, -0.25) is 0 Å². The first-order valence-electron chi connectivity index (χ1n) is 4.69. The monoisotopic (exact) mass is 292 g/mol. The quantitative estimate of drug-likeness (QED) is 0.776. The van der Waals surface area contributed by atoms with Gasteiger partial charge in [-0.05, 0) is 24.1 Å². The summed E-state index contributed by atoms with van der Waals surface area (Å²) in [5.41, 5.74) is 1.02. The maximum atomic E-state index is 6.19. The number of methoxy groups -OCH3 is 2.